The highest BCUT2D eigenvalue weighted by Gasteiger charge is 2.27. The maximum absolute atomic E-state index is 4.72. The highest BCUT2D eigenvalue weighted by molar-refractivity contribution is 5.45. The molecule has 146 valence electrons. The Labute approximate surface area is 164 Å². The van der Waals surface area contributed by atoms with Crippen LogP contribution in [0, 0.1) is 0 Å². The number of nitrogens with zero attached hydrogens (tertiary/aromatic N) is 8. The van der Waals surface area contributed by atoms with Gasteiger partial charge in [0.2, 0.25) is 0 Å². The smallest absolute Gasteiger partial charge is 0.178 e. The predicted molar refractivity (Wildman–Crippen MR) is 108 cm³/mol. The summed E-state index contributed by atoms with van der Waals surface area (Å²) in [7, 11) is 3.99. The minimum Gasteiger partial charge on any atom is -0.361 e. The molecule has 1 saturated heterocycles. The number of hydrogen-bond donors (Lipinski definition) is 0. The lowest BCUT2D eigenvalue weighted by Crippen LogP contribution is -2.34. The molecule has 0 unspecified atom stereocenters. The fourth-order valence-electron chi connectivity index (χ4n) is 4.12. The lowest BCUT2D eigenvalue weighted by molar-refractivity contribution is 0.410. The zero-order valence-corrected chi connectivity index (χ0v) is 16.5. The fraction of sp³-hybridized carbons (Fsp3) is 0.550. The Balaban J connectivity index is 1.32. The summed E-state index contributed by atoms with van der Waals surface area (Å²) >= 11 is 0. The van der Waals surface area contributed by atoms with E-state index in [2.05, 4.69) is 31.1 Å². The molecule has 3 aromatic rings. The van der Waals surface area contributed by atoms with E-state index in [1.54, 1.807) is 6.33 Å². The normalized spacial score (nSPS) is 18.4. The number of fused-ring (bicyclic) bond motifs is 1. The molecule has 2 fully saturated rings. The van der Waals surface area contributed by atoms with Crippen LogP contribution in [0.4, 0.5) is 11.6 Å². The molecule has 0 N–H and O–H groups in total. The number of piperidine rings is 1. The molecule has 1 aliphatic heterocycles. The first kappa shape index (κ1) is 17.3. The van der Waals surface area contributed by atoms with Crippen molar-refractivity contribution in [2.24, 2.45) is 0 Å². The predicted octanol–water partition coefficient (Wildman–Crippen LogP) is 2.63. The molecule has 0 radical (unpaired) electrons. The van der Waals surface area contributed by atoms with Gasteiger partial charge in [0, 0.05) is 50.8 Å². The maximum atomic E-state index is 4.72. The average molecular weight is 378 g/mol. The molecular weight excluding hydrogens is 352 g/mol. The molecular formula is C20H26N8. The highest BCUT2D eigenvalue weighted by atomic mass is 15.4. The monoisotopic (exact) mass is 378 g/mol. The van der Waals surface area contributed by atoms with Crippen molar-refractivity contribution >= 4 is 17.3 Å². The summed E-state index contributed by atoms with van der Waals surface area (Å²) in [6.45, 7) is 1.93. The van der Waals surface area contributed by atoms with E-state index in [1.165, 1.54) is 25.0 Å². The van der Waals surface area contributed by atoms with Crippen LogP contribution in [-0.4, -0.2) is 57.0 Å². The van der Waals surface area contributed by atoms with Gasteiger partial charge in [0.05, 0.1) is 0 Å². The van der Waals surface area contributed by atoms with Crippen molar-refractivity contribution in [1.82, 2.24) is 29.8 Å². The van der Waals surface area contributed by atoms with Crippen LogP contribution in [0.5, 0.6) is 0 Å². The molecule has 8 nitrogen and oxygen atoms in total. The van der Waals surface area contributed by atoms with Crippen LogP contribution in [0.25, 0.3) is 5.65 Å². The Kier molecular flexibility index (Phi) is 4.33. The van der Waals surface area contributed by atoms with E-state index >= 15 is 0 Å². The lowest BCUT2D eigenvalue weighted by atomic mass is 9.83. The van der Waals surface area contributed by atoms with E-state index in [4.69, 9.17) is 5.10 Å². The van der Waals surface area contributed by atoms with E-state index in [-0.39, 0.29) is 0 Å². The van der Waals surface area contributed by atoms with Gasteiger partial charge in [0.25, 0.3) is 0 Å². The SMILES string of the molecule is CN(C)c1ccc2nnc(C3CCN(c4cc(C5CCC5)ncn4)CC3)n2n1. The molecule has 0 atom stereocenters. The first-order valence-electron chi connectivity index (χ1n) is 10.2. The van der Waals surface area contributed by atoms with Crippen molar-refractivity contribution in [2.75, 3.05) is 37.0 Å². The molecule has 1 aliphatic carbocycles. The van der Waals surface area contributed by atoms with Crippen LogP contribution in [0.3, 0.4) is 0 Å². The van der Waals surface area contributed by atoms with Gasteiger partial charge in [0.15, 0.2) is 11.5 Å². The molecule has 4 heterocycles. The standard InChI is InChI=1S/C20H26N8/c1-26(2)18-7-6-17-23-24-20(28(17)25-18)15-8-10-27(11-9-15)19-12-16(21-13-22-19)14-4-3-5-14/h6-7,12-15H,3-5,8-11H2,1-2H3. The van der Waals surface area contributed by atoms with Crippen LogP contribution < -0.4 is 9.80 Å². The van der Waals surface area contributed by atoms with Gasteiger partial charge in [-0.2, -0.15) is 4.52 Å². The van der Waals surface area contributed by atoms with Crippen molar-refractivity contribution in [3.05, 3.63) is 36.0 Å². The van der Waals surface area contributed by atoms with E-state index in [9.17, 15) is 0 Å². The number of anilines is 2. The first-order chi connectivity index (χ1) is 13.7. The summed E-state index contributed by atoms with van der Waals surface area (Å²) < 4.78 is 1.91. The van der Waals surface area contributed by atoms with E-state index < -0.39 is 0 Å². The Morgan fingerprint density at radius 3 is 2.50 bits per heavy atom. The summed E-state index contributed by atoms with van der Waals surface area (Å²) in [5.41, 5.74) is 2.02. The van der Waals surface area contributed by atoms with Crippen LogP contribution in [-0.2, 0) is 0 Å². The van der Waals surface area contributed by atoms with Gasteiger partial charge in [-0.25, -0.2) is 9.97 Å². The van der Waals surface area contributed by atoms with Crippen molar-refractivity contribution in [3.8, 4) is 0 Å². The zero-order valence-electron chi connectivity index (χ0n) is 16.5. The Morgan fingerprint density at radius 2 is 1.79 bits per heavy atom. The molecule has 0 aromatic carbocycles. The maximum Gasteiger partial charge on any atom is 0.178 e. The second-order valence-corrected chi connectivity index (χ2v) is 8.10. The third-order valence-corrected chi connectivity index (χ3v) is 6.11. The second-order valence-electron chi connectivity index (χ2n) is 8.10. The summed E-state index contributed by atoms with van der Waals surface area (Å²) in [5.74, 6) is 3.95. The summed E-state index contributed by atoms with van der Waals surface area (Å²) in [5, 5.41) is 13.5. The number of aromatic nitrogens is 6. The van der Waals surface area contributed by atoms with Crippen LogP contribution >= 0.6 is 0 Å². The lowest BCUT2D eigenvalue weighted by Gasteiger charge is -2.32. The van der Waals surface area contributed by atoms with Crippen molar-refractivity contribution in [1.29, 1.82) is 0 Å². The summed E-state index contributed by atoms with van der Waals surface area (Å²) in [4.78, 5) is 13.4. The molecule has 1 saturated carbocycles. The topological polar surface area (TPSA) is 75.3 Å². The second kappa shape index (κ2) is 7.00. The first-order valence-corrected chi connectivity index (χ1v) is 10.2. The molecule has 2 aliphatic rings. The van der Waals surface area contributed by atoms with E-state index in [1.807, 2.05) is 35.6 Å². The van der Waals surface area contributed by atoms with Crippen LogP contribution in [0.2, 0.25) is 0 Å². The van der Waals surface area contributed by atoms with Crippen molar-refractivity contribution in [3.63, 3.8) is 0 Å². The van der Waals surface area contributed by atoms with Gasteiger partial charge in [-0.1, -0.05) is 6.42 Å². The number of rotatable bonds is 4. The zero-order chi connectivity index (χ0) is 19.1. The third kappa shape index (κ3) is 3.06. The largest absolute Gasteiger partial charge is 0.361 e. The average Bonchev–Trinajstić information content (AvgIpc) is 3.10. The number of hydrogen-bond acceptors (Lipinski definition) is 7. The van der Waals surface area contributed by atoms with Gasteiger partial charge in [-0.15, -0.1) is 15.3 Å². The fourth-order valence-corrected chi connectivity index (χ4v) is 4.12. The molecule has 0 bridgehead atoms. The Hall–Kier alpha value is -2.77. The Morgan fingerprint density at radius 1 is 0.964 bits per heavy atom. The van der Waals surface area contributed by atoms with Gasteiger partial charge in [0.1, 0.15) is 18.0 Å². The van der Waals surface area contributed by atoms with Crippen molar-refractivity contribution < 1.29 is 0 Å². The van der Waals surface area contributed by atoms with Gasteiger partial charge in [-0.05, 0) is 37.8 Å². The third-order valence-electron chi connectivity index (χ3n) is 6.11. The highest BCUT2D eigenvalue weighted by Crippen LogP contribution is 2.36. The summed E-state index contributed by atoms with van der Waals surface area (Å²) in [6.07, 6.45) is 7.63. The minimum atomic E-state index is 0.365. The molecule has 28 heavy (non-hydrogen) atoms. The van der Waals surface area contributed by atoms with Crippen molar-refractivity contribution in [2.45, 2.75) is 43.9 Å². The van der Waals surface area contributed by atoms with E-state index in [0.29, 0.717) is 11.8 Å². The van der Waals surface area contributed by atoms with Gasteiger partial charge in [-0.3, -0.25) is 0 Å². The Bertz CT molecular complexity index is 969. The minimum absolute atomic E-state index is 0.365. The van der Waals surface area contributed by atoms with Gasteiger partial charge >= 0.3 is 0 Å². The quantitative estimate of drug-likeness (QED) is 0.691. The van der Waals surface area contributed by atoms with Crippen LogP contribution in [0.1, 0.15) is 55.5 Å². The van der Waals surface area contributed by atoms with Crippen LogP contribution in [0.15, 0.2) is 24.5 Å². The van der Waals surface area contributed by atoms with E-state index in [0.717, 1.165) is 49.0 Å². The molecule has 3 aromatic heterocycles. The molecule has 0 amide bonds. The van der Waals surface area contributed by atoms with Gasteiger partial charge < -0.3 is 9.80 Å². The summed E-state index contributed by atoms with van der Waals surface area (Å²) in [6, 6.07) is 6.16. The molecule has 5 rings (SSSR count). The molecule has 8 heteroatoms. The molecule has 0 spiro atoms.